The Morgan fingerprint density at radius 1 is 1.71 bits per heavy atom. The molecule has 0 saturated heterocycles. The van der Waals surface area contributed by atoms with Gasteiger partial charge in [-0.25, -0.2) is 0 Å². The maximum absolute atomic E-state index is 11.1. The summed E-state index contributed by atoms with van der Waals surface area (Å²) in [6, 6.07) is 0. The number of rotatable bonds is 5. The Balaban J connectivity index is 2.46. The lowest BCUT2D eigenvalue weighted by atomic mass is 10.3. The van der Waals surface area contributed by atoms with Crippen molar-refractivity contribution >= 4 is 5.97 Å². The van der Waals surface area contributed by atoms with E-state index in [0.717, 1.165) is 12.0 Å². The zero-order chi connectivity index (χ0) is 10.4. The van der Waals surface area contributed by atoms with Crippen LogP contribution in [0.15, 0.2) is 12.4 Å². The van der Waals surface area contributed by atoms with E-state index in [1.54, 1.807) is 17.8 Å². The number of esters is 1. The minimum absolute atomic E-state index is 0.165. The fourth-order valence-corrected chi connectivity index (χ4v) is 1.13. The van der Waals surface area contributed by atoms with Crippen LogP contribution in [0.25, 0.3) is 0 Å². The summed E-state index contributed by atoms with van der Waals surface area (Å²) in [6.45, 7) is 2.93. The van der Waals surface area contributed by atoms with E-state index in [1.807, 2.05) is 6.20 Å². The Morgan fingerprint density at radius 2 is 2.50 bits per heavy atom. The molecule has 0 fully saturated rings. The van der Waals surface area contributed by atoms with Crippen LogP contribution >= 0.6 is 0 Å². The van der Waals surface area contributed by atoms with Gasteiger partial charge in [-0.15, -0.1) is 0 Å². The monoisotopic (exact) mass is 197 g/mol. The van der Waals surface area contributed by atoms with Crippen LogP contribution in [0, 0.1) is 0 Å². The van der Waals surface area contributed by atoms with Crippen LogP contribution in [0.1, 0.15) is 12.5 Å². The average Bonchev–Trinajstić information content (AvgIpc) is 2.53. The zero-order valence-corrected chi connectivity index (χ0v) is 8.27. The molecule has 0 unspecified atom stereocenters. The zero-order valence-electron chi connectivity index (χ0n) is 8.27. The normalized spacial score (nSPS) is 10.1. The minimum atomic E-state index is -0.269. The second-order valence-electron chi connectivity index (χ2n) is 2.89. The van der Waals surface area contributed by atoms with Crippen molar-refractivity contribution in [2.45, 2.75) is 19.9 Å². The molecule has 5 heteroatoms. The number of nitrogens with zero attached hydrogens (tertiary/aromatic N) is 2. The fourth-order valence-electron chi connectivity index (χ4n) is 1.13. The number of carbonyl (C=O) groups is 1. The van der Waals surface area contributed by atoms with Gasteiger partial charge < -0.3 is 10.5 Å². The highest BCUT2D eigenvalue weighted by Crippen LogP contribution is 1.98. The molecule has 5 nitrogen and oxygen atoms in total. The van der Waals surface area contributed by atoms with Gasteiger partial charge in [0.2, 0.25) is 0 Å². The van der Waals surface area contributed by atoms with Crippen LogP contribution in [-0.2, 0) is 22.5 Å². The summed E-state index contributed by atoms with van der Waals surface area (Å²) in [6.07, 6.45) is 4.30. The highest BCUT2D eigenvalue weighted by molar-refractivity contribution is 5.68. The van der Waals surface area contributed by atoms with E-state index in [-0.39, 0.29) is 12.5 Å². The predicted molar refractivity (Wildman–Crippen MR) is 51.6 cm³/mol. The number of nitrogens with two attached hydrogens (primary N) is 1. The summed E-state index contributed by atoms with van der Waals surface area (Å²) in [4.78, 5) is 11.1. The van der Waals surface area contributed by atoms with Gasteiger partial charge in [0.1, 0.15) is 6.54 Å². The van der Waals surface area contributed by atoms with Crippen molar-refractivity contribution in [3.63, 3.8) is 0 Å². The van der Waals surface area contributed by atoms with Gasteiger partial charge in [-0.1, -0.05) is 0 Å². The van der Waals surface area contributed by atoms with E-state index in [9.17, 15) is 4.79 Å². The molecule has 0 atom stereocenters. The molecule has 0 amide bonds. The van der Waals surface area contributed by atoms with Crippen LogP contribution in [0.5, 0.6) is 0 Å². The van der Waals surface area contributed by atoms with Gasteiger partial charge in [-0.05, 0) is 25.5 Å². The molecule has 0 aliphatic heterocycles. The third-order valence-corrected chi connectivity index (χ3v) is 1.72. The molecule has 1 heterocycles. The first kappa shape index (κ1) is 10.7. The van der Waals surface area contributed by atoms with Crippen molar-refractivity contribution in [3.8, 4) is 0 Å². The van der Waals surface area contributed by atoms with Crippen molar-refractivity contribution < 1.29 is 9.53 Å². The van der Waals surface area contributed by atoms with E-state index >= 15 is 0 Å². The largest absolute Gasteiger partial charge is 0.465 e. The van der Waals surface area contributed by atoms with E-state index in [1.165, 1.54) is 0 Å². The molecule has 0 aromatic carbocycles. The van der Waals surface area contributed by atoms with Gasteiger partial charge in [0.15, 0.2) is 0 Å². The van der Waals surface area contributed by atoms with Gasteiger partial charge in [0.05, 0.1) is 12.8 Å². The molecule has 1 aromatic heterocycles. The van der Waals surface area contributed by atoms with Crippen LogP contribution in [0.3, 0.4) is 0 Å². The molecule has 78 valence electrons. The second-order valence-corrected chi connectivity index (χ2v) is 2.89. The molecular formula is C9H15N3O2. The average molecular weight is 197 g/mol. The van der Waals surface area contributed by atoms with Gasteiger partial charge in [-0.3, -0.25) is 9.48 Å². The molecule has 0 aliphatic carbocycles. The number of aromatic nitrogens is 2. The van der Waals surface area contributed by atoms with Gasteiger partial charge in [0, 0.05) is 6.20 Å². The third kappa shape index (κ3) is 3.18. The van der Waals surface area contributed by atoms with Crippen molar-refractivity contribution in [2.75, 3.05) is 13.2 Å². The van der Waals surface area contributed by atoms with E-state index < -0.39 is 0 Å². The molecule has 0 spiro atoms. The van der Waals surface area contributed by atoms with E-state index in [4.69, 9.17) is 10.5 Å². The third-order valence-electron chi connectivity index (χ3n) is 1.72. The Hall–Kier alpha value is -1.36. The molecule has 0 saturated carbocycles. The highest BCUT2D eigenvalue weighted by Gasteiger charge is 2.04. The number of carbonyl (C=O) groups excluding carboxylic acids is 1. The smallest absolute Gasteiger partial charge is 0.327 e. The fraction of sp³-hybridized carbons (Fsp3) is 0.556. The van der Waals surface area contributed by atoms with E-state index in [2.05, 4.69) is 5.10 Å². The molecule has 0 aliphatic rings. The Morgan fingerprint density at radius 3 is 3.14 bits per heavy atom. The second kappa shape index (κ2) is 5.39. The number of ether oxygens (including phenoxy) is 1. The van der Waals surface area contributed by atoms with Crippen LogP contribution < -0.4 is 5.73 Å². The summed E-state index contributed by atoms with van der Waals surface area (Å²) in [5, 5.41) is 4.02. The highest BCUT2D eigenvalue weighted by atomic mass is 16.5. The van der Waals surface area contributed by atoms with Crippen LogP contribution in [0.2, 0.25) is 0 Å². The topological polar surface area (TPSA) is 70.1 Å². The van der Waals surface area contributed by atoms with E-state index in [0.29, 0.717) is 13.2 Å². The summed E-state index contributed by atoms with van der Waals surface area (Å²) < 4.78 is 6.35. The minimum Gasteiger partial charge on any atom is -0.465 e. The van der Waals surface area contributed by atoms with Gasteiger partial charge >= 0.3 is 5.97 Å². The maximum atomic E-state index is 11.1. The molecular weight excluding hydrogens is 182 g/mol. The Labute approximate surface area is 82.8 Å². The first-order chi connectivity index (χ1) is 6.76. The Bertz CT molecular complexity index is 296. The van der Waals surface area contributed by atoms with Crippen molar-refractivity contribution in [2.24, 2.45) is 5.73 Å². The number of hydrogen-bond donors (Lipinski definition) is 1. The predicted octanol–water partition coefficient (Wildman–Crippen LogP) is -0.0526. The Kier molecular flexibility index (Phi) is 4.12. The first-order valence-corrected chi connectivity index (χ1v) is 4.63. The van der Waals surface area contributed by atoms with Gasteiger partial charge in [0.25, 0.3) is 0 Å². The lowest BCUT2D eigenvalue weighted by molar-refractivity contribution is -0.144. The summed E-state index contributed by atoms with van der Waals surface area (Å²) in [5.41, 5.74) is 6.43. The SMILES string of the molecule is CCOC(=O)Cn1cc(CCN)cn1. The summed E-state index contributed by atoms with van der Waals surface area (Å²) >= 11 is 0. The quantitative estimate of drug-likeness (QED) is 0.672. The number of hydrogen-bond acceptors (Lipinski definition) is 4. The molecule has 2 N–H and O–H groups in total. The first-order valence-electron chi connectivity index (χ1n) is 4.63. The molecule has 0 bridgehead atoms. The molecule has 1 aromatic rings. The van der Waals surface area contributed by atoms with Crippen molar-refractivity contribution in [3.05, 3.63) is 18.0 Å². The molecule has 14 heavy (non-hydrogen) atoms. The van der Waals surface area contributed by atoms with Crippen LogP contribution in [0.4, 0.5) is 0 Å². The molecule has 1 rings (SSSR count). The summed E-state index contributed by atoms with van der Waals surface area (Å²) in [5.74, 6) is -0.269. The maximum Gasteiger partial charge on any atom is 0.327 e. The van der Waals surface area contributed by atoms with Gasteiger partial charge in [-0.2, -0.15) is 5.10 Å². The van der Waals surface area contributed by atoms with Crippen molar-refractivity contribution in [1.82, 2.24) is 9.78 Å². The standard InChI is InChI=1S/C9H15N3O2/c1-2-14-9(13)7-12-6-8(3-4-10)5-11-12/h5-6H,2-4,7,10H2,1H3. The lowest BCUT2D eigenvalue weighted by Crippen LogP contribution is -2.13. The summed E-state index contributed by atoms with van der Waals surface area (Å²) in [7, 11) is 0. The molecule has 0 radical (unpaired) electrons. The van der Waals surface area contributed by atoms with Crippen molar-refractivity contribution in [1.29, 1.82) is 0 Å². The lowest BCUT2D eigenvalue weighted by Gasteiger charge is -2.00. The van der Waals surface area contributed by atoms with Crippen LogP contribution in [-0.4, -0.2) is 28.9 Å².